The van der Waals surface area contributed by atoms with Gasteiger partial charge in [0.05, 0.1) is 0 Å². The fourth-order valence-corrected chi connectivity index (χ4v) is 2.01. The van der Waals surface area contributed by atoms with Gasteiger partial charge in [-0.25, -0.2) is 4.98 Å². The summed E-state index contributed by atoms with van der Waals surface area (Å²) in [7, 11) is 0. The van der Waals surface area contributed by atoms with Crippen molar-refractivity contribution in [1.82, 2.24) is 4.98 Å². The molecule has 1 nitrogen and oxygen atoms in total. The van der Waals surface area contributed by atoms with E-state index in [1.54, 1.807) is 0 Å². The topological polar surface area (TPSA) is 12.9 Å². The summed E-state index contributed by atoms with van der Waals surface area (Å²) in [5, 5.41) is 2.92. The maximum Gasteiger partial charge on any atom is 0.136 e. The molecule has 0 aliphatic rings. The van der Waals surface area contributed by atoms with E-state index in [0.717, 1.165) is 11.8 Å². The second-order valence-corrected chi connectivity index (χ2v) is 3.78. The lowest BCUT2D eigenvalue weighted by molar-refractivity contribution is 1.12. The van der Waals surface area contributed by atoms with E-state index >= 15 is 0 Å². The van der Waals surface area contributed by atoms with Crippen molar-refractivity contribution < 1.29 is 0 Å². The SMILES string of the molecule is CCc1cnc(Cl)c2cccc(C)c12. The first kappa shape index (κ1) is 9.47. The highest BCUT2D eigenvalue weighted by Gasteiger charge is 2.06. The summed E-state index contributed by atoms with van der Waals surface area (Å²) in [5.74, 6) is 0. The molecule has 0 saturated carbocycles. The molecule has 0 amide bonds. The number of pyridine rings is 1. The number of hydrogen-bond donors (Lipinski definition) is 0. The Kier molecular flexibility index (Phi) is 2.42. The van der Waals surface area contributed by atoms with Crippen LogP contribution in [0.25, 0.3) is 10.8 Å². The maximum atomic E-state index is 6.05. The van der Waals surface area contributed by atoms with Crippen molar-refractivity contribution in [2.45, 2.75) is 20.3 Å². The predicted octanol–water partition coefficient (Wildman–Crippen LogP) is 3.76. The molecule has 0 unspecified atom stereocenters. The Labute approximate surface area is 88.7 Å². The number of aromatic nitrogens is 1. The van der Waals surface area contributed by atoms with Crippen LogP contribution in [-0.2, 0) is 6.42 Å². The minimum atomic E-state index is 0.598. The van der Waals surface area contributed by atoms with E-state index in [1.165, 1.54) is 16.5 Å². The molecule has 0 radical (unpaired) electrons. The van der Waals surface area contributed by atoms with Crippen molar-refractivity contribution >= 4 is 22.4 Å². The summed E-state index contributed by atoms with van der Waals surface area (Å²) in [4.78, 5) is 4.18. The van der Waals surface area contributed by atoms with Crippen LogP contribution in [0.2, 0.25) is 5.15 Å². The molecule has 0 fully saturated rings. The Morgan fingerprint density at radius 3 is 2.86 bits per heavy atom. The van der Waals surface area contributed by atoms with Gasteiger partial charge in [-0.1, -0.05) is 36.7 Å². The zero-order valence-corrected chi connectivity index (χ0v) is 9.10. The number of hydrogen-bond acceptors (Lipinski definition) is 1. The number of rotatable bonds is 1. The number of halogens is 1. The Bertz CT molecular complexity index is 477. The first-order valence-electron chi connectivity index (χ1n) is 4.76. The summed E-state index contributed by atoms with van der Waals surface area (Å²) >= 11 is 6.05. The van der Waals surface area contributed by atoms with Crippen molar-refractivity contribution in [3.63, 3.8) is 0 Å². The predicted molar refractivity (Wildman–Crippen MR) is 60.9 cm³/mol. The summed E-state index contributed by atoms with van der Waals surface area (Å²) in [6, 6.07) is 6.15. The van der Waals surface area contributed by atoms with Crippen molar-refractivity contribution in [3.8, 4) is 0 Å². The van der Waals surface area contributed by atoms with Crippen LogP contribution in [-0.4, -0.2) is 4.98 Å². The van der Waals surface area contributed by atoms with Gasteiger partial charge >= 0.3 is 0 Å². The van der Waals surface area contributed by atoms with Crippen molar-refractivity contribution in [3.05, 3.63) is 40.7 Å². The zero-order chi connectivity index (χ0) is 10.1. The van der Waals surface area contributed by atoms with E-state index < -0.39 is 0 Å². The number of nitrogens with zero attached hydrogens (tertiary/aromatic N) is 1. The monoisotopic (exact) mass is 205 g/mol. The lowest BCUT2D eigenvalue weighted by Gasteiger charge is -2.07. The first-order valence-corrected chi connectivity index (χ1v) is 5.14. The van der Waals surface area contributed by atoms with Gasteiger partial charge in [0.1, 0.15) is 5.15 Å². The van der Waals surface area contributed by atoms with E-state index in [-0.39, 0.29) is 0 Å². The molecule has 2 heteroatoms. The van der Waals surface area contributed by atoms with Gasteiger partial charge < -0.3 is 0 Å². The zero-order valence-electron chi connectivity index (χ0n) is 8.34. The molecule has 0 atom stereocenters. The third-order valence-corrected chi connectivity index (χ3v) is 2.83. The standard InChI is InChI=1S/C12H12ClN/c1-3-9-7-14-12(13)10-6-4-5-8(2)11(9)10/h4-7H,3H2,1-2H3. The molecule has 14 heavy (non-hydrogen) atoms. The molecular formula is C12H12ClN. The van der Waals surface area contributed by atoms with Gasteiger partial charge in [-0.3, -0.25) is 0 Å². The van der Waals surface area contributed by atoms with Crippen molar-refractivity contribution in [2.75, 3.05) is 0 Å². The molecule has 0 N–H and O–H groups in total. The van der Waals surface area contributed by atoms with Gasteiger partial charge in [-0.2, -0.15) is 0 Å². The normalized spacial score (nSPS) is 10.8. The second kappa shape index (κ2) is 3.58. The lowest BCUT2D eigenvalue weighted by Crippen LogP contribution is -1.90. The molecule has 1 aromatic heterocycles. The molecule has 72 valence electrons. The van der Waals surface area contributed by atoms with Crippen LogP contribution in [0.15, 0.2) is 24.4 Å². The Balaban J connectivity index is 2.92. The van der Waals surface area contributed by atoms with E-state index in [2.05, 4.69) is 24.9 Å². The fourth-order valence-electron chi connectivity index (χ4n) is 1.80. The van der Waals surface area contributed by atoms with E-state index in [1.807, 2.05) is 18.3 Å². The Morgan fingerprint density at radius 1 is 1.36 bits per heavy atom. The summed E-state index contributed by atoms with van der Waals surface area (Å²) in [5.41, 5.74) is 2.53. The highest BCUT2D eigenvalue weighted by Crippen LogP contribution is 2.27. The molecule has 0 aliphatic carbocycles. The van der Waals surface area contributed by atoms with E-state index in [4.69, 9.17) is 11.6 Å². The van der Waals surface area contributed by atoms with Gasteiger partial charge in [0, 0.05) is 11.6 Å². The summed E-state index contributed by atoms with van der Waals surface area (Å²) in [6.45, 7) is 4.24. The number of fused-ring (bicyclic) bond motifs is 1. The first-order chi connectivity index (χ1) is 6.74. The van der Waals surface area contributed by atoms with Crippen molar-refractivity contribution in [2.24, 2.45) is 0 Å². The molecule has 1 heterocycles. The lowest BCUT2D eigenvalue weighted by atomic mass is 10.0. The van der Waals surface area contributed by atoms with Crippen LogP contribution in [0, 0.1) is 6.92 Å². The Hall–Kier alpha value is -1.08. The maximum absolute atomic E-state index is 6.05. The highest BCUT2D eigenvalue weighted by atomic mass is 35.5. The van der Waals surface area contributed by atoms with E-state index in [0.29, 0.717) is 5.15 Å². The van der Waals surface area contributed by atoms with Gasteiger partial charge in [-0.15, -0.1) is 0 Å². The quantitative estimate of drug-likeness (QED) is 0.646. The van der Waals surface area contributed by atoms with E-state index in [9.17, 15) is 0 Å². The van der Waals surface area contributed by atoms with Gasteiger partial charge in [0.25, 0.3) is 0 Å². The van der Waals surface area contributed by atoms with Crippen LogP contribution in [0.1, 0.15) is 18.1 Å². The minimum Gasteiger partial charge on any atom is -0.244 e. The minimum absolute atomic E-state index is 0.598. The van der Waals surface area contributed by atoms with Gasteiger partial charge in [-0.05, 0) is 29.9 Å². The summed E-state index contributed by atoms with van der Waals surface area (Å²) in [6.07, 6.45) is 2.86. The largest absolute Gasteiger partial charge is 0.244 e. The average molecular weight is 206 g/mol. The Morgan fingerprint density at radius 2 is 2.14 bits per heavy atom. The molecule has 0 bridgehead atoms. The van der Waals surface area contributed by atoms with Gasteiger partial charge in [0.2, 0.25) is 0 Å². The molecule has 1 aromatic carbocycles. The molecule has 0 saturated heterocycles. The van der Waals surface area contributed by atoms with Crippen molar-refractivity contribution in [1.29, 1.82) is 0 Å². The number of aryl methyl sites for hydroxylation is 2. The molecule has 2 aromatic rings. The molecule has 0 spiro atoms. The van der Waals surface area contributed by atoms with Crippen LogP contribution in [0.4, 0.5) is 0 Å². The van der Waals surface area contributed by atoms with Crippen LogP contribution in [0.5, 0.6) is 0 Å². The van der Waals surface area contributed by atoms with Crippen LogP contribution >= 0.6 is 11.6 Å². The second-order valence-electron chi connectivity index (χ2n) is 3.43. The average Bonchev–Trinajstić information content (AvgIpc) is 2.20. The third kappa shape index (κ3) is 1.38. The molecular weight excluding hydrogens is 194 g/mol. The smallest absolute Gasteiger partial charge is 0.136 e. The van der Waals surface area contributed by atoms with Crippen LogP contribution < -0.4 is 0 Å². The molecule has 2 rings (SSSR count). The third-order valence-electron chi connectivity index (χ3n) is 2.53. The highest BCUT2D eigenvalue weighted by molar-refractivity contribution is 6.34. The summed E-state index contributed by atoms with van der Waals surface area (Å²) < 4.78 is 0. The fraction of sp³-hybridized carbons (Fsp3) is 0.250. The van der Waals surface area contributed by atoms with Gasteiger partial charge in [0.15, 0.2) is 0 Å². The molecule has 0 aliphatic heterocycles. The number of benzene rings is 1. The van der Waals surface area contributed by atoms with Crippen LogP contribution in [0.3, 0.4) is 0 Å².